The highest BCUT2D eigenvalue weighted by atomic mass is 16.4. The van der Waals surface area contributed by atoms with Crippen LogP contribution < -0.4 is 9.80 Å². The van der Waals surface area contributed by atoms with Crippen LogP contribution in [0.4, 0.5) is 11.4 Å². The first kappa shape index (κ1) is 15.1. The Bertz CT molecular complexity index is 742. The highest BCUT2D eigenvalue weighted by Crippen LogP contribution is 2.27. The van der Waals surface area contributed by atoms with E-state index in [1.165, 1.54) is 0 Å². The standard InChI is InChI=1S/C18H20N4O/c1-21(2)15-9-5-7-13(11-15)17-19-20-18(23-17)14-8-6-10-16(12-14)22(3)4/h5-12H,1-4H3. The van der Waals surface area contributed by atoms with Crippen molar-refractivity contribution in [3.63, 3.8) is 0 Å². The Morgan fingerprint density at radius 2 is 1.13 bits per heavy atom. The van der Waals surface area contributed by atoms with E-state index in [4.69, 9.17) is 4.42 Å². The summed E-state index contributed by atoms with van der Waals surface area (Å²) in [6.07, 6.45) is 0. The molecule has 0 fully saturated rings. The summed E-state index contributed by atoms with van der Waals surface area (Å²) < 4.78 is 5.87. The van der Waals surface area contributed by atoms with Gasteiger partial charge in [0, 0.05) is 50.7 Å². The zero-order valence-electron chi connectivity index (χ0n) is 13.8. The fourth-order valence-electron chi connectivity index (χ4n) is 2.29. The van der Waals surface area contributed by atoms with E-state index in [1.807, 2.05) is 86.5 Å². The maximum Gasteiger partial charge on any atom is 0.248 e. The molecule has 0 bridgehead atoms. The van der Waals surface area contributed by atoms with Crippen LogP contribution in [0.25, 0.3) is 22.9 Å². The summed E-state index contributed by atoms with van der Waals surface area (Å²) in [4.78, 5) is 4.09. The van der Waals surface area contributed by atoms with E-state index in [1.54, 1.807) is 0 Å². The van der Waals surface area contributed by atoms with Gasteiger partial charge < -0.3 is 14.2 Å². The summed E-state index contributed by atoms with van der Waals surface area (Å²) in [5.74, 6) is 1.05. The van der Waals surface area contributed by atoms with Crippen LogP contribution in [0.1, 0.15) is 0 Å². The van der Waals surface area contributed by atoms with Crippen LogP contribution in [0, 0.1) is 0 Å². The molecule has 0 amide bonds. The van der Waals surface area contributed by atoms with Gasteiger partial charge in [0.05, 0.1) is 0 Å². The zero-order chi connectivity index (χ0) is 16.4. The van der Waals surface area contributed by atoms with E-state index in [2.05, 4.69) is 10.2 Å². The van der Waals surface area contributed by atoms with Gasteiger partial charge in [0.25, 0.3) is 0 Å². The summed E-state index contributed by atoms with van der Waals surface area (Å²) >= 11 is 0. The minimum Gasteiger partial charge on any atom is -0.416 e. The van der Waals surface area contributed by atoms with Gasteiger partial charge in [0.1, 0.15) is 0 Å². The molecule has 0 saturated carbocycles. The first-order valence-electron chi connectivity index (χ1n) is 7.43. The fourth-order valence-corrected chi connectivity index (χ4v) is 2.29. The average molecular weight is 308 g/mol. The third-order valence-electron chi connectivity index (χ3n) is 3.64. The van der Waals surface area contributed by atoms with Gasteiger partial charge in [-0.05, 0) is 36.4 Å². The molecule has 0 aliphatic heterocycles. The number of aromatic nitrogens is 2. The van der Waals surface area contributed by atoms with Crippen LogP contribution in [0.3, 0.4) is 0 Å². The maximum absolute atomic E-state index is 5.87. The molecule has 0 aliphatic rings. The highest BCUT2D eigenvalue weighted by Gasteiger charge is 2.12. The summed E-state index contributed by atoms with van der Waals surface area (Å²) in [6, 6.07) is 16.1. The van der Waals surface area contributed by atoms with Crippen molar-refractivity contribution in [2.24, 2.45) is 0 Å². The Balaban J connectivity index is 1.94. The lowest BCUT2D eigenvalue weighted by molar-refractivity contribution is 0.584. The van der Waals surface area contributed by atoms with Crippen LogP contribution in [0.2, 0.25) is 0 Å². The van der Waals surface area contributed by atoms with Crippen molar-refractivity contribution in [1.29, 1.82) is 0 Å². The largest absolute Gasteiger partial charge is 0.416 e. The number of anilines is 2. The molecule has 1 heterocycles. The van der Waals surface area contributed by atoms with Crippen LogP contribution in [-0.4, -0.2) is 38.4 Å². The molecule has 23 heavy (non-hydrogen) atoms. The Hall–Kier alpha value is -2.82. The van der Waals surface area contributed by atoms with E-state index in [0.717, 1.165) is 22.5 Å². The molecule has 5 nitrogen and oxygen atoms in total. The van der Waals surface area contributed by atoms with Crippen molar-refractivity contribution >= 4 is 11.4 Å². The summed E-state index contributed by atoms with van der Waals surface area (Å²) in [5, 5.41) is 8.38. The lowest BCUT2D eigenvalue weighted by Crippen LogP contribution is -2.08. The Labute approximate surface area is 136 Å². The van der Waals surface area contributed by atoms with Gasteiger partial charge in [-0.2, -0.15) is 0 Å². The zero-order valence-corrected chi connectivity index (χ0v) is 13.8. The molecule has 118 valence electrons. The average Bonchev–Trinajstić information content (AvgIpc) is 3.05. The molecule has 0 aliphatic carbocycles. The second kappa shape index (κ2) is 6.12. The van der Waals surface area contributed by atoms with Gasteiger partial charge >= 0.3 is 0 Å². The molecule has 2 aromatic carbocycles. The molecule has 0 saturated heterocycles. The van der Waals surface area contributed by atoms with Crippen molar-refractivity contribution < 1.29 is 4.42 Å². The monoisotopic (exact) mass is 308 g/mol. The van der Waals surface area contributed by atoms with Crippen molar-refractivity contribution in [3.8, 4) is 22.9 Å². The third kappa shape index (κ3) is 3.18. The smallest absolute Gasteiger partial charge is 0.248 e. The molecule has 0 radical (unpaired) electrons. The lowest BCUT2D eigenvalue weighted by atomic mass is 10.2. The number of hydrogen-bond donors (Lipinski definition) is 0. The second-order valence-electron chi connectivity index (χ2n) is 5.80. The quantitative estimate of drug-likeness (QED) is 0.737. The first-order valence-corrected chi connectivity index (χ1v) is 7.43. The van der Waals surface area contributed by atoms with Crippen LogP contribution in [0.5, 0.6) is 0 Å². The first-order chi connectivity index (χ1) is 11.0. The molecule has 3 aromatic rings. The summed E-state index contributed by atoms with van der Waals surface area (Å²) in [7, 11) is 8.02. The van der Waals surface area contributed by atoms with E-state index >= 15 is 0 Å². The molecule has 0 spiro atoms. The molecular formula is C18H20N4O. The maximum atomic E-state index is 5.87. The normalized spacial score (nSPS) is 10.6. The number of benzene rings is 2. The van der Waals surface area contributed by atoms with Crippen LogP contribution >= 0.6 is 0 Å². The van der Waals surface area contributed by atoms with E-state index in [0.29, 0.717) is 11.8 Å². The molecule has 0 N–H and O–H groups in total. The highest BCUT2D eigenvalue weighted by molar-refractivity contribution is 5.65. The van der Waals surface area contributed by atoms with Gasteiger partial charge in [0.2, 0.25) is 11.8 Å². The van der Waals surface area contributed by atoms with Crippen molar-refractivity contribution in [3.05, 3.63) is 48.5 Å². The molecular weight excluding hydrogens is 288 g/mol. The molecule has 3 rings (SSSR count). The number of nitrogens with zero attached hydrogens (tertiary/aromatic N) is 4. The van der Waals surface area contributed by atoms with E-state index in [-0.39, 0.29) is 0 Å². The summed E-state index contributed by atoms with van der Waals surface area (Å²) in [5.41, 5.74) is 4.02. The minimum atomic E-state index is 0.527. The van der Waals surface area contributed by atoms with Gasteiger partial charge in [-0.15, -0.1) is 10.2 Å². The number of rotatable bonds is 4. The van der Waals surface area contributed by atoms with Crippen molar-refractivity contribution in [2.45, 2.75) is 0 Å². The van der Waals surface area contributed by atoms with Gasteiger partial charge in [-0.3, -0.25) is 0 Å². The van der Waals surface area contributed by atoms with E-state index < -0.39 is 0 Å². The lowest BCUT2D eigenvalue weighted by Gasteiger charge is -2.12. The SMILES string of the molecule is CN(C)c1cccc(-c2nnc(-c3cccc(N(C)C)c3)o2)c1. The summed E-state index contributed by atoms with van der Waals surface area (Å²) in [6.45, 7) is 0. The van der Waals surface area contributed by atoms with Gasteiger partial charge in [0.15, 0.2) is 0 Å². The third-order valence-corrected chi connectivity index (χ3v) is 3.64. The van der Waals surface area contributed by atoms with E-state index in [9.17, 15) is 0 Å². The van der Waals surface area contributed by atoms with Crippen LogP contribution in [0.15, 0.2) is 52.9 Å². The molecule has 5 heteroatoms. The number of hydrogen-bond acceptors (Lipinski definition) is 5. The van der Waals surface area contributed by atoms with Crippen LogP contribution in [-0.2, 0) is 0 Å². The van der Waals surface area contributed by atoms with Crippen molar-refractivity contribution in [1.82, 2.24) is 10.2 Å². The second-order valence-corrected chi connectivity index (χ2v) is 5.80. The molecule has 0 unspecified atom stereocenters. The Kier molecular flexibility index (Phi) is 4.02. The fraction of sp³-hybridized carbons (Fsp3) is 0.222. The molecule has 0 atom stereocenters. The topological polar surface area (TPSA) is 45.4 Å². The van der Waals surface area contributed by atoms with Gasteiger partial charge in [-0.1, -0.05) is 12.1 Å². The Morgan fingerprint density at radius 3 is 1.52 bits per heavy atom. The Morgan fingerprint density at radius 1 is 0.696 bits per heavy atom. The minimum absolute atomic E-state index is 0.527. The predicted octanol–water partition coefficient (Wildman–Crippen LogP) is 3.54. The molecule has 1 aromatic heterocycles. The van der Waals surface area contributed by atoms with Gasteiger partial charge in [-0.25, -0.2) is 0 Å². The predicted molar refractivity (Wildman–Crippen MR) is 93.8 cm³/mol. The van der Waals surface area contributed by atoms with Crippen molar-refractivity contribution in [2.75, 3.05) is 38.0 Å².